The zero-order valence-electron chi connectivity index (χ0n) is 8.20. The number of hydrogen-bond donors (Lipinski definition) is 2. The molecule has 0 spiro atoms. The third-order valence-electron chi connectivity index (χ3n) is 1.52. The number of hydrogen-bond acceptors (Lipinski definition) is 2. The molecule has 0 fully saturated rings. The van der Waals surface area contributed by atoms with E-state index in [1.54, 1.807) is 39.0 Å². The van der Waals surface area contributed by atoms with Crippen LogP contribution >= 0.6 is 0 Å². The highest BCUT2D eigenvalue weighted by Gasteiger charge is 2.04. The van der Waals surface area contributed by atoms with E-state index in [4.69, 9.17) is 5.11 Å². The van der Waals surface area contributed by atoms with Gasteiger partial charge in [0, 0.05) is 0 Å². The van der Waals surface area contributed by atoms with Gasteiger partial charge in [-0.1, -0.05) is 18.2 Å². The van der Waals surface area contributed by atoms with Crippen molar-refractivity contribution in [3.8, 4) is 0 Å². The van der Waals surface area contributed by atoms with Crippen LogP contribution in [-0.2, 0) is 0 Å². The smallest absolute Gasteiger partial charge is 0.0774 e. The van der Waals surface area contributed by atoms with Gasteiger partial charge in [0.05, 0.1) is 11.7 Å². The summed E-state index contributed by atoms with van der Waals surface area (Å²) < 4.78 is 0. The van der Waals surface area contributed by atoms with E-state index in [-0.39, 0.29) is 0 Å². The Labute approximate surface area is 74.2 Å². The summed E-state index contributed by atoms with van der Waals surface area (Å²) in [6.07, 6.45) is 4.81. The summed E-state index contributed by atoms with van der Waals surface area (Å²) in [5.74, 6) is 0. The first-order valence-corrected chi connectivity index (χ1v) is 4.09. The van der Waals surface area contributed by atoms with Gasteiger partial charge < -0.3 is 10.2 Å². The molecule has 2 nitrogen and oxygen atoms in total. The summed E-state index contributed by atoms with van der Waals surface area (Å²) in [7, 11) is 0. The molecule has 0 aliphatic carbocycles. The second-order valence-corrected chi connectivity index (χ2v) is 3.60. The minimum absolute atomic E-state index is 0.420. The molecule has 1 atom stereocenters. The predicted molar refractivity (Wildman–Crippen MR) is 50.9 cm³/mol. The molecule has 12 heavy (non-hydrogen) atoms. The Kier molecular flexibility index (Phi) is 4.21. The Morgan fingerprint density at radius 2 is 1.92 bits per heavy atom. The number of allylic oxidation sites excluding steroid dienone is 2. The molecular formula is C10H18O2. The quantitative estimate of drug-likeness (QED) is 0.632. The second-order valence-electron chi connectivity index (χ2n) is 3.60. The number of rotatable bonds is 3. The van der Waals surface area contributed by atoms with E-state index in [1.165, 1.54) is 0 Å². The van der Waals surface area contributed by atoms with Gasteiger partial charge in [0.1, 0.15) is 0 Å². The van der Waals surface area contributed by atoms with Crippen molar-refractivity contribution in [3.63, 3.8) is 0 Å². The molecule has 70 valence electrons. The molecule has 0 aliphatic heterocycles. The minimum Gasteiger partial charge on any atom is -0.389 e. The molecule has 0 heterocycles. The average molecular weight is 170 g/mol. The van der Waals surface area contributed by atoms with Crippen molar-refractivity contribution >= 4 is 0 Å². The monoisotopic (exact) mass is 170 g/mol. The maximum atomic E-state index is 9.29. The molecule has 0 aromatic carbocycles. The van der Waals surface area contributed by atoms with Crippen molar-refractivity contribution < 1.29 is 10.2 Å². The molecule has 0 aromatic heterocycles. The van der Waals surface area contributed by atoms with E-state index in [2.05, 4.69) is 0 Å². The van der Waals surface area contributed by atoms with Crippen LogP contribution in [0.1, 0.15) is 27.7 Å². The highest BCUT2D eigenvalue weighted by atomic mass is 16.3. The van der Waals surface area contributed by atoms with Gasteiger partial charge in [-0.3, -0.25) is 0 Å². The molecule has 0 amide bonds. The van der Waals surface area contributed by atoms with Gasteiger partial charge in [-0.15, -0.1) is 0 Å². The van der Waals surface area contributed by atoms with Crippen LogP contribution in [0, 0.1) is 0 Å². The van der Waals surface area contributed by atoms with E-state index in [0.717, 1.165) is 5.57 Å². The largest absolute Gasteiger partial charge is 0.389 e. The Hall–Kier alpha value is -0.600. The summed E-state index contributed by atoms with van der Waals surface area (Å²) in [6, 6.07) is 0. The Morgan fingerprint density at radius 1 is 1.42 bits per heavy atom. The Balaban J connectivity index is 4.13. The van der Waals surface area contributed by atoms with Crippen molar-refractivity contribution in [2.24, 2.45) is 0 Å². The Morgan fingerprint density at radius 3 is 2.25 bits per heavy atom. The van der Waals surface area contributed by atoms with Crippen LogP contribution in [0.25, 0.3) is 0 Å². The maximum Gasteiger partial charge on any atom is 0.0774 e. The highest BCUT2D eigenvalue weighted by molar-refractivity contribution is 5.15. The van der Waals surface area contributed by atoms with Crippen molar-refractivity contribution in [1.82, 2.24) is 0 Å². The SMILES string of the molecule is CC(=CC=CC(C)(C)O)C(C)O. The lowest BCUT2D eigenvalue weighted by molar-refractivity contribution is 0.133. The summed E-state index contributed by atoms with van der Waals surface area (Å²) in [5.41, 5.74) is 0.102. The Bertz CT molecular complexity index is 183. The summed E-state index contributed by atoms with van der Waals surface area (Å²) in [4.78, 5) is 0. The fourth-order valence-corrected chi connectivity index (χ4v) is 0.575. The van der Waals surface area contributed by atoms with E-state index in [1.807, 2.05) is 6.92 Å². The van der Waals surface area contributed by atoms with Crippen LogP contribution in [-0.4, -0.2) is 21.9 Å². The standard InChI is InChI=1S/C10H18O2/c1-8(9(2)11)6-5-7-10(3,4)12/h5-7,9,11-12H,1-4H3. The lowest BCUT2D eigenvalue weighted by atomic mass is 10.1. The van der Waals surface area contributed by atoms with Crippen LogP contribution in [0.15, 0.2) is 23.8 Å². The molecular weight excluding hydrogens is 152 g/mol. The van der Waals surface area contributed by atoms with Gasteiger partial charge in [0.15, 0.2) is 0 Å². The van der Waals surface area contributed by atoms with Crippen molar-refractivity contribution in [2.75, 3.05) is 0 Å². The first-order valence-electron chi connectivity index (χ1n) is 4.09. The van der Waals surface area contributed by atoms with Crippen LogP contribution in [0.2, 0.25) is 0 Å². The fourth-order valence-electron chi connectivity index (χ4n) is 0.575. The van der Waals surface area contributed by atoms with Crippen molar-refractivity contribution in [2.45, 2.75) is 39.4 Å². The molecule has 0 saturated carbocycles. The molecule has 1 unspecified atom stereocenters. The van der Waals surface area contributed by atoms with E-state index >= 15 is 0 Å². The molecule has 0 rings (SSSR count). The minimum atomic E-state index is -0.782. The zero-order chi connectivity index (χ0) is 9.78. The van der Waals surface area contributed by atoms with E-state index < -0.39 is 11.7 Å². The van der Waals surface area contributed by atoms with Gasteiger partial charge in [0.2, 0.25) is 0 Å². The summed E-state index contributed by atoms with van der Waals surface area (Å²) >= 11 is 0. The maximum absolute atomic E-state index is 9.29. The summed E-state index contributed by atoms with van der Waals surface area (Å²) in [5, 5.41) is 18.4. The predicted octanol–water partition coefficient (Wildman–Crippen LogP) is 1.64. The van der Waals surface area contributed by atoms with Crippen molar-refractivity contribution in [1.29, 1.82) is 0 Å². The van der Waals surface area contributed by atoms with Crippen LogP contribution in [0.3, 0.4) is 0 Å². The van der Waals surface area contributed by atoms with Crippen molar-refractivity contribution in [3.05, 3.63) is 23.8 Å². The summed E-state index contributed by atoms with van der Waals surface area (Å²) in [6.45, 7) is 6.97. The van der Waals surface area contributed by atoms with Gasteiger partial charge in [-0.2, -0.15) is 0 Å². The van der Waals surface area contributed by atoms with Crippen LogP contribution in [0.5, 0.6) is 0 Å². The molecule has 0 bridgehead atoms. The second kappa shape index (κ2) is 4.43. The first-order chi connectivity index (χ1) is 5.33. The fraction of sp³-hybridized carbons (Fsp3) is 0.600. The third-order valence-corrected chi connectivity index (χ3v) is 1.52. The van der Waals surface area contributed by atoms with E-state index in [0.29, 0.717) is 0 Å². The average Bonchev–Trinajstić information content (AvgIpc) is 1.84. The topological polar surface area (TPSA) is 40.5 Å². The number of aliphatic hydroxyl groups is 2. The lowest BCUT2D eigenvalue weighted by Gasteiger charge is -2.09. The van der Waals surface area contributed by atoms with Crippen LogP contribution in [0.4, 0.5) is 0 Å². The molecule has 0 aliphatic rings. The van der Waals surface area contributed by atoms with Gasteiger partial charge in [-0.25, -0.2) is 0 Å². The van der Waals surface area contributed by atoms with E-state index in [9.17, 15) is 5.11 Å². The molecule has 0 radical (unpaired) electrons. The van der Waals surface area contributed by atoms with Gasteiger partial charge >= 0.3 is 0 Å². The first kappa shape index (κ1) is 11.4. The third kappa shape index (κ3) is 6.13. The molecule has 2 heteroatoms. The molecule has 0 saturated heterocycles. The lowest BCUT2D eigenvalue weighted by Crippen LogP contribution is -2.13. The van der Waals surface area contributed by atoms with Gasteiger partial charge in [0.25, 0.3) is 0 Å². The van der Waals surface area contributed by atoms with Gasteiger partial charge in [-0.05, 0) is 33.3 Å². The van der Waals surface area contributed by atoms with Crippen LogP contribution < -0.4 is 0 Å². The number of aliphatic hydroxyl groups excluding tert-OH is 1. The zero-order valence-corrected chi connectivity index (χ0v) is 8.20. The molecule has 2 N–H and O–H groups in total. The molecule has 0 aromatic rings. The highest BCUT2D eigenvalue weighted by Crippen LogP contribution is 2.04. The normalized spacial score (nSPS) is 17.0.